The molecule has 180 valence electrons. The zero-order chi connectivity index (χ0) is 24.6. The largest absolute Gasteiger partial charge is 0.338 e. The first-order valence-corrected chi connectivity index (χ1v) is 14.0. The Hall–Kier alpha value is -2.43. The third-order valence-electron chi connectivity index (χ3n) is 5.74. The lowest BCUT2D eigenvalue weighted by Crippen LogP contribution is -2.56. The van der Waals surface area contributed by atoms with E-state index in [0.717, 1.165) is 27.3 Å². The summed E-state index contributed by atoms with van der Waals surface area (Å²) in [7, 11) is -7.38. The fourth-order valence-corrected chi connectivity index (χ4v) is 6.73. The molecule has 3 rings (SSSR count). The molecule has 1 fully saturated rings. The van der Waals surface area contributed by atoms with Gasteiger partial charge in [-0.15, -0.1) is 0 Å². The van der Waals surface area contributed by atoms with Gasteiger partial charge in [-0.25, -0.2) is 16.8 Å². The van der Waals surface area contributed by atoms with Gasteiger partial charge in [-0.2, -0.15) is 4.31 Å². The molecular formula is C23H31N3O5S2. The molecule has 0 spiro atoms. The summed E-state index contributed by atoms with van der Waals surface area (Å²) in [6, 6.07) is 11.1. The number of nitrogens with zero attached hydrogens (tertiary/aromatic N) is 3. The standard InChI is InChI=1S/C23H31N3O5S2/c1-17-6-8-22(9-7-17)33(30,31)25-12-10-24(11-13-25)23(27)20(4)26(32(5,28)29)21-15-18(2)14-19(3)16-21/h6-9,14-16,20H,10-13H2,1-5H3/t20-/m0/s1. The molecule has 1 aliphatic rings. The molecule has 10 heteroatoms. The lowest BCUT2D eigenvalue weighted by molar-refractivity contribution is -0.133. The van der Waals surface area contributed by atoms with Crippen molar-refractivity contribution in [2.24, 2.45) is 0 Å². The minimum absolute atomic E-state index is 0.150. The van der Waals surface area contributed by atoms with Crippen LogP contribution in [-0.4, -0.2) is 70.4 Å². The molecular weight excluding hydrogens is 462 g/mol. The van der Waals surface area contributed by atoms with Gasteiger partial charge in [-0.05, 0) is 63.1 Å². The molecule has 1 atom stereocenters. The van der Waals surface area contributed by atoms with Crippen molar-refractivity contribution in [3.63, 3.8) is 0 Å². The lowest BCUT2D eigenvalue weighted by Gasteiger charge is -2.37. The maximum absolute atomic E-state index is 13.2. The number of aryl methyl sites for hydroxylation is 3. The molecule has 8 nitrogen and oxygen atoms in total. The Morgan fingerprint density at radius 2 is 1.36 bits per heavy atom. The van der Waals surface area contributed by atoms with E-state index in [1.54, 1.807) is 43.3 Å². The highest BCUT2D eigenvalue weighted by Gasteiger charge is 2.35. The van der Waals surface area contributed by atoms with Crippen molar-refractivity contribution in [1.82, 2.24) is 9.21 Å². The predicted molar refractivity (Wildman–Crippen MR) is 129 cm³/mol. The molecule has 0 bridgehead atoms. The van der Waals surface area contributed by atoms with Gasteiger partial charge in [0, 0.05) is 26.2 Å². The van der Waals surface area contributed by atoms with Gasteiger partial charge in [0.2, 0.25) is 26.0 Å². The van der Waals surface area contributed by atoms with Crippen LogP contribution in [0.25, 0.3) is 0 Å². The first-order chi connectivity index (χ1) is 15.3. The molecule has 1 aliphatic heterocycles. The average Bonchev–Trinajstić information content (AvgIpc) is 2.72. The summed E-state index contributed by atoms with van der Waals surface area (Å²) in [6.45, 7) is 7.89. The first kappa shape index (κ1) is 25.2. The van der Waals surface area contributed by atoms with E-state index >= 15 is 0 Å². The van der Waals surface area contributed by atoms with Crippen LogP contribution in [0.15, 0.2) is 47.4 Å². The molecule has 1 amide bonds. The van der Waals surface area contributed by atoms with Crippen LogP contribution in [-0.2, 0) is 24.8 Å². The zero-order valence-corrected chi connectivity index (χ0v) is 21.3. The van der Waals surface area contributed by atoms with E-state index in [4.69, 9.17) is 0 Å². The molecule has 2 aromatic carbocycles. The Bertz CT molecular complexity index is 1210. The van der Waals surface area contributed by atoms with Crippen LogP contribution in [0, 0.1) is 20.8 Å². The second-order valence-corrected chi connectivity index (χ2v) is 12.4. The normalized spacial score (nSPS) is 16.5. The summed E-state index contributed by atoms with van der Waals surface area (Å²) in [5.41, 5.74) is 3.20. The third-order valence-corrected chi connectivity index (χ3v) is 8.89. The van der Waals surface area contributed by atoms with Crippen molar-refractivity contribution < 1.29 is 21.6 Å². The summed E-state index contributed by atoms with van der Waals surface area (Å²) in [6.07, 6.45) is 1.08. The Labute approximate surface area is 196 Å². The fourth-order valence-electron chi connectivity index (χ4n) is 4.15. The SMILES string of the molecule is Cc1ccc(S(=O)(=O)N2CCN(C(=O)[C@H](C)N(c3cc(C)cc(C)c3)S(C)(=O)=O)CC2)cc1. The van der Waals surface area contributed by atoms with E-state index in [9.17, 15) is 21.6 Å². The summed E-state index contributed by atoms with van der Waals surface area (Å²) in [4.78, 5) is 15.0. The Morgan fingerprint density at radius 3 is 1.85 bits per heavy atom. The van der Waals surface area contributed by atoms with Gasteiger partial charge in [0.15, 0.2) is 0 Å². The number of hydrogen-bond acceptors (Lipinski definition) is 5. The maximum atomic E-state index is 13.2. The molecule has 0 saturated carbocycles. The predicted octanol–water partition coefficient (Wildman–Crippen LogP) is 2.30. The summed E-state index contributed by atoms with van der Waals surface area (Å²) < 4.78 is 53.6. The zero-order valence-electron chi connectivity index (χ0n) is 19.6. The molecule has 1 heterocycles. The molecule has 2 aromatic rings. The van der Waals surface area contributed by atoms with Crippen molar-refractivity contribution in [3.8, 4) is 0 Å². The van der Waals surface area contributed by atoms with E-state index in [2.05, 4.69) is 0 Å². The number of carbonyl (C=O) groups excluding carboxylic acids is 1. The van der Waals surface area contributed by atoms with Crippen molar-refractivity contribution in [3.05, 3.63) is 59.2 Å². The highest BCUT2D eigenvalue weighted by molar-refractivity contribution is 7.92. The van der Waals surface area contributed by atoms with E-state index in [1.807, 2.05) is 26.8 Å². The monoisotopic (exact) mass is 493 g/mol. The van der Waals surface area contributed by atoms with Crippen LogP contribution >= 0.6 is 0 Å². The van der Waals surface area contributed by atoms with E-state index in [0.29, 0.717) is 5.69 Å². The lowest BCUT2D eigenvalue weighted by atomic mass is 10.1. The number of rotatable bonds is 6. The molecule has 1 saturated heterocycles. The summed E-state index contributed by atoms with van der Waals surface area (Å²) >= 11 is 0. The van der Waals surface area contributed by atoms with Gasteiger partial charge < -0.3 is 4.90 Å². The minimum atomic E-state index is -3.73. The van der Waals surface area contributed by atoms with Gasteiger partial charge in [0.05, 0.1) is 16.8 Å². The number of sulfonamides is 2. The van der Waals surface area contributed by atoms with E-state index < -0.39 is 26.1 Å². The smallest absolute Gasteiger partial charge is 0.246 e. The van der Waals surface area contributed by atoms with Gasteiger partial charge in [0.25, 0.3) is 0 Å². The van der Waals surface area contributed by atoms with Crippen LogP contribution in [0.4, 0.5) is 5.69 Å². The van der Waals surface area contributed by atoms with Crippen molar-refractivity contribution in [2.75, 3.05) is 36.7 Å². The van der Waals surface area contributed by atoms with Crippen molar-refractivity contribution in [1.29, 1.82) is 0 Å². The summed E-state index contributed by atoms with van der Waals surface area (Å²) in [5, 5.41) is 0. The Morgan fingerprint density at radius 1 is 0.848 bits per heavy atom. The Balaban J connectivity index is 1.76. The van der Waals surface area contributed by atoms with Crippen LogP contribution < -0.4 is 4.31 Å². The number of benzene rings is 2. The highest BCUT2D eigenvalue weighted by atomic mass is 32.2. The molecule has 0 radical (unpaired) electrons. The highest BCUT2D eigenvalue weighted by Crippen LogP contribution is 2.25. The third kappa shape index (κ3) is 5.56. The number of carbonyl (C=O) groups is 1. The van der Waals surface area contributed by atoms with Gasteiger partial charge >= 0.3 is 0 Å². The molecule has 0 N–H and O–H groups in total. The topological polar surface area (TPSA) is 95.1 Å². The van der Waals surface area contributed by atoms with E-state index in [1.165, 1.54) is 9.21 Å². The van der Waals surface area contributed by atoms with Crippen molar-refractivity contribution >= 4 is 31.6 Å². The molecule has 0 aliphatic carbocycles. The van der Waals surface area contributed by atoms with Crippen LogP contribution in [0.2, 0.25) is 0 Å². The minimum Gasteiger partial charge on any atom is -0.338 e. The van der Waals surface area contributed by atoms with Crippen LogP contribution in [0.5, 0.6) is 0 Å². The number of anilines is 1. The second kappa shape index (κ2) is 9.44. The first-order valence-electron chi connectivity index (χ1n) is 10.7. The summed E-state index contributed by atoms with van der Waals surface area (Å²) in [5.74, 6) is -0.355. The number of piperazine rings is 1. The fraction of sp³-hybridized carbons (Fsp3) is 0.435. The van der Waals surface area contributed by atoms with Crippen LogP contribution in [0.3, 0.4) is 0 Å². The second-order valence-electron chi connectivity index (χ2n) is 8.62. The molecule has 0 aromatic heterocycles. The maximum Gasteiger partial charge on any atom is 0.246 e. The van der Waals surface area contributed by atoms with E-state index in [-0.39, 0.29) is 37.0 Å². The number of hydrogen-bond donors (Lipinski definition) is 0. The quantitative estimate of drug-likeness (QED) is 0.615. The van der Waals surface area contributed by atoms with Gasteiger partial charge in [-0.1, -0.05) is 23.8 Å². The van der Waals surface area contributed by atoms with Crippen molar-refractivity contribution in [2.45, 2.75) is 38.6 Å². The molecule has 0 unspecified atom stereocenters. The number of amides is 1. The average molecular weight is 494 g/mol. The Kier molecular flexibility index (Phi) is 7.21. The molecule has 33 heavy (non-hydrogen) atoms. The van der Waals surface area contributed by atoms with Crippen LogP contribution in [0.1, 0.15) is 23.6 Å². The van der Waals surface area contributed by atoms with Gasteiger partial charge in [0.1, 0.15) is 6.04 Å². The van der Waals surface area contributed by atoms with Gasteiger partial charge in [-0.3, -0.25) is 9.10 Å².